The van der Waals surface area contributed by atoms with Gasteiger partial charge < -0.3 is 10.6 Å². The van der Waals surface area contributed by atoms with Crippen molar-refractivity contribution in [2.75, 3.05) is 13.1 Å². The van der Waals surface area contributed by atoms with E-state index in [0.29, 0.717) is 6.42 Å². The van der Waals surface area contributed by atoms with Crippen LogP contribution in [0.25, 0.3) is 0 Å². The maximum Gasteiger partial charge on any atom is 0.221 e. The van der Waals surface area contributed by atoms with Gasteiger partial charge in [0.1, 0.15) is 0 Å². The second-order valence-electron chi connectivity index (χ2n) is 6.29. The van der Waals surface area contributed by atoms with Crippen molar-refractivity contribution < 1.29 is 4.79 Å². The van der Waals surface area contributed by atoms with Crippen molar-refractivity contribution in [3.8, 4) is 0 Å². The summed E-state index contributed by atoms with van der Waals surface area (Å²) < 4.78 is 0. The van der Waals surface area contributed by atoms with E-state index in [2.05, 4.69) is 31.4 Å². The third kappa shape index (κ3) is 11.4. The van der Waals surface area contributed by atoms with E-state index < -0.39 is 0 Å². The van der Waals surface area contributed by atoms with E-state index in [1.165, 1.54) is 0 Å². The fraction of sp³-hybridized carbons (Fsp3) is 0.917. The van der Waals surface area contributed by atoms with E-state index in [9.17, 15) is 4.79 Å². The number of hydrogen-bond acceptors (Lipinski definition) is 2. The van der Waals surface area contributed by atoms with E-state index >= 15 is 0 Å². The van der Waals surface area contributed by atoms with E-state index in [4.69, 9.17) is 0 Å². The van der Waals surface area contributed by atoms with Gasteiger partial charge in [0.15, 0.2) is 0 Å². The van der Waals surface area contributed by atoms with E-state index in [0.717, 1.165) is 13.1 Å². The van der Waals surface area contributed by atoms with Gasteiger partial charge in [-0.3, -0.25) is 4.79 Å². The molecule has 0 saturated carbocycles. The molecule has 2 N–H and O–H groups in total. The minimum atomic E-state index is -0.124. The standard InChI is InChI=1S/C12H26N2O/c1-11(2,3)9-13-8-7-10(15)14-12(4,5)6/h13H,7-9H2,1-6H3,(H,14,15). The van der Waals surface area contributed by atoms with E-state index in [1.807, 2.05) is 20.8 Å². The first-order chi connectivity index (χ1) is 6.60. The molecule has 3 heteroatoms. The highest BCUT2D eigenvalue weighted by molar-refractivity contribution is 5.76. The molecule has 15 heavy (non-hydrogen) atoms. The lowest BCUT2D eigenvalue weighted by Crippen LogP contribution is -2.42. The topological polar surface area (TPSA) is 41.1 Å². The molecule has 0 radical (unpaired) electrons. The van der Waals surface area contributed by atoms with E-state index in [-0.39, 0.29) is 16.9 Å². The Morgan fingerprint density at radius 1 is 1.07 bits per heavy atom. The van der Waals surface area contributed by atoms with Crippen molar-refractivity contribution in [1.82, 2.24) is 10.6 Å². The summed E-state index contributed by atoms with van der Waals surface area (Å²) in [4.78, 5) is 11.4. The zero-order chi connectivity index (χ0) is 12.1. The molecule has 0 atom stereocenters. The van der Waals surface area contributed by atoms with Crippen LogP contribution in [0.1, 0.15) is 48.0 Å². The molecule has 0 aromatic rings. The summed E-state index contributed by atoms with van der Waals surface area (Å²) in [6, 6.07) is 0. The Labute approximate surface area is 94.0 Å². The summed E-state index contributed by atoms with van der Waals surface area (Å²) >= 11 is 0. The molecule has 0 fully saturated rings. The summed E-state index contributed by atoms with van der Waals surface area (Å²) in [6.07, 6.45) is 0.549. The highest BCUT2D eigenvalue weighted by atomic mass is 16.1. The molecule has 0 aromatic carbocycles. The van der Waals surface area contributed by atoms with Gasteiger partial charge in [-0.1, -0.05) is 20.8 Å². The minimum absolute atomic E-state index is 0.115. The Kier molecular flexibility index (Phi) is 5.29. The Balaban J connectivity index is 3.57. The number of carbonyl (C=O) groups is 1. The fourth-order valence-electron chi connectivity index (χ4n) is 1.15. The quantitative estimate of drug-likeness (QED) is 0.702. The summed E-state index contributed by atoms with van der Waals surface area (Å²) in [7, 11) is 0. The van der Waals surface area contributed by atoms with Crippen molar-refractivity contribution >= 4 is 5.91 Å². The number of carbonyl (C=O) groups excluding carboxylic acids is 1. The molecule has 1 amide bonds. The first-order valence-electron chi connectivity index (χ1n) is 5.62. The molecule has 0 aliphatic carbocycles. The molecule has 0 spiro atoms. The van der Waals surface area contributed by atoms with Crippen LogP contribution in [0.3, 0.4) is 0 Å². The van der Waals surface area contributed by atoms with Crippen LogP contribution in [0.2, 0.25) is 0 Å². The van der Waals surface area contributed by atoms with Crippen LogP contribution >= 0.6 is 0 Å². The molecule has 3 nitrogen and oxygen atoms in total. The minimum Gasteiger partial charge on any atom is -0.351 e. The average Bonchev–Trinajstić information content (AvgIpc) is 1.92. The summed E-state index contributed by atoms with van der Waals surface area (Å²) in [5, 5.41) is 6.22. The molecule has 0 aliphatic rings. The highest BCUT2D eigenvalue weighted by Gasteiger charge is 2.13. The van der Waals surface area contributed by atoms with Gasteiger partial charge in [-0.05, 0) is 26.2 Å². The van der Waals surface area contributed by atoms with Crippen LogP contribution in [0.15, 0.2) is 0 Å². The van der Waals surface area contributed by atoms with Crippen molar-refractivity contribution in [2.45, 2.75) is 53.5 Å². The maximum atomic E-state index is 11.4. The third-order valence-electron chi connectivity index (χ3n) is 1.70. The van der Waals surface area contributed by atoms with Gasteiger partial charge in [0.25, 0.3) is 0 Å². The number of nitrogens with one attached hydrogen (secondary N) is 2. The molecule has 0 bridgehead atoms. The highest BCUT2D eigenvalue weighted by Crippen LogP contribution is 2.09. The zero-order valence-electron chi connectivity index (χ0n) is 11.0. The van der Waals surface area contributed by atoms with Crippen LogP contribution < -0.4 is 10.6 Å². The van der Waals surface area contributed by atoms with Gasteiger partial charge in [0.2, 0.25) is 5.91 Å². The Morgan fingerprint density at radius 2 is 1.60 bits per heavy atom. The zero-order valence-corrected chi connectivity index (χ0v) is 11.0. The summed E-state index contributed by atoms with van der Waals surface area (Å²) in [5.41, 5.74) is 0.154. The Bertz CT molecular complexity index is 199. The fourth-order valence-corrected chi connectivity index (χ4v) is 1.15. The largest absolute Gasteiger partial charge is 0.351 e. The smallest absolute Gasteiger partial charge is 0.221 e. The van der Waals surface area contributed by atoms with E-state index in [1.54, 1.807) is 0 Å². The first-order valence-corrected chi connectivity index (χ1v) is 5.62. The molecule has 0 heterocycles. The lowest BCUT2D eigenvalue weighted by atomic mass is 9.97. The lowest BCUT2D eigenvalue weighted by Gasteiger charge is -2.21. The number of hydrogen-bond donors (Lipinski definition) is 2. The molecule has 0 aromatic heterocycles. The Hall–Kier alpha value is -0.570. The van der Waals surface area contributed by atoms with Gasteiger partial charge in [-0.2, -0.15) is 0 Å². The number of amides is 1. The SMILES string of the molecule is CC(C)(C)CNCCC(=O)NC(C)(C)C. The molecule has 90 valence electrons. The Morgan fingerprint density at radius 3 is 2.00 bits per heavy atom. The van der Waals surface area contributed by atoms with Crippen LogP contribution in [-0.2, 0) is 4.79 Å². The second-order valence-corrected chi connectivity index (χ2v) is 6.29. The molecule has 0 saturated heterocycles. The molecule has 0 aliphatic heterocycles. The van der Waals surface area contributed by atoms with Crippen LogP contribution in [-0.4, -0.2) is 24.5 Å². The predicted molar refractivity (Wildman–Crippen MR) is 64.8 cm³/mol. The average molecular weight is 214 g/mol. The van der Waals surface area contributed by atoms with Gasteiger partial charge >= 0.3 is 0 Å². The third-order valence-corrected chi connectivity index (χ3v) is 1.70. The van der Waals surface area contributed by atoms with Gasteiger partial charge in [-0.25, -0.2) is 0 Å². The summed E-state index contributed by atoms with van der Waals surface area (Å²) in [5.74, 6) is 0.115. The van der Waals surface area contributed by atoms with Gasteiger partial charge in [-0.15, -0.1) is 0 Å². The van der Waals surface area contributed by atoms with Crippen molar-refractivity contribution in [3.63, 3.8) is 0 Å². The molecule has 0 unspecified atom stereocenters. The monoisotopic (exact) mass is 214 g/mol. The normalized spacial score (nSPS) is 12.7. The number of rotatable bonds is 4. The molecular formula is C12H26N2O. The van der Waals surface area contributed by atoms with Crippen molar-refractivity contribution in [2.24, 2.45) is 5.41 Å². The lowest BCUT2D eigenvalue weighted by molar-refractivity contribution is -0.122. The van der Waals surface area contributed by atoms with Crippen molar-refractivity contribution in [1.29, 1.82) is 0 Å². The first kappa shape index (κ1) is 14.4. The van der Waals surface area contributed by atoms with Crippen LogP contribution in [0.4, 0.5) is 0 Å². The second kappa shape index (κ2) is 5.50. The van der Waals surface area contributed by atoms with Crippen LogP contribution in [0, 0.1) is 5.41 Å². The summed E-state index contributed by atoms with van der Waals surface area (Å²) in [6.45, 7) is 14.2. The van der Waals surface area contributed by atoms with Gasteiger partial charge in [0.05, 0.1) is 0 Å². The van der Waals surface area contributed by atoms with Gasteiger partial charge in [0, 0.05) is 25.0 Å². The molecule has 0 rings (SSSR count). The van der Waals surface area contributed by atoms with Crippen LogP contribution in [0.5, 0.6) is 0 Å². The van der Waals surface area contributed by atoms with Crippen molar-refractivity contribution in [3.05, 3.63) is 0 Å². The molecular weight excluding hydrogens is 188 g/mol. The maximum absolute atomic E-state index is 11.4. The predicted octanol–water partition coefficient (Wildman–Crippen LogP) is 1.93.